The molecule has 0 radical (unpaired) electrons. The van der Waals surface area contributed by atoms with Crippen molar-refractivity contribution in [1.29, 1.82) is 0 Å². The second kappa shape index (κ2) is 8.77. The zero-order chi connectivity index (χ0) is 22.8. The highest BCUT2D eigenvalue weighted by atomic mass is 19.1. The molecule has 2 aliphatic heterocycles. The fourth-order valence-electron chi connectivity index (χ4n) is 3.65. The molecule has 10 nitrogen and oxygen atoms in total. The van der Waals surface area contributed by atoms with Gasteiger partial charge in [-0.1, -0.05) is 5.16 Å². The van der Waals surface area contributed by atoms with E-state index in [2.05, 4.69) is 15.3 Å². The summed E-state index contributed by atoms with van der Waals surface area (Å²) in [6.07, 6.45) is 1.91. The molecule has 11 heteroatoms. The SMILES string of the molecule is CC1=NOCCN1c1ccc(-c2ccc(N3C[C@H](COc4ccon4)OC3=O)cc2F)cn1. The van der Waals surface area contributed by atoms with Crippen LogP contribution in [0.2, 0.25) is 0 Å². The van der Waals surface area contributed by atoms with Gasteiger partial charge >= 0.3 is 6.09 Å². The average Bonchev–Trinajstić information content (AvgIpc) is 3.48. The van der Waals surface area contributed by atoms with Crippen molar-refractivity contribution in [2.75, 3.05) is 36.1 Å². The number of aromatic nitrogens is 2. The summed E-state index contributed by atoms with van der Waals surface area (Å²) in [6, 6.07) is 9.77. The van der Waals surface area contributed by atoms with E-state index < -0.39 is 18.0 Å². The van der Waals surface area contributed by atoms with Crippen LogP contribution in [0.15, 0.2) is 58.5 Å². The summed E-state index contributed by atoms with van der Waals surface area (Å²) in [7, 11) is 0. The number of nitrogens with zero attached hydrogens (tertiary/aromatic N) is 5. The van der Waals surface area contributed by atoms with Gasteiger partial charge in [-0.05, 0) is 42.4 Å². The van der Waals surface area contributed by atoms with Crippen molar-refractivity contribution in [1.82, 2.24) is 10.1 Å². The maximum Gasteiger partial charge on any atom is 0.414 e. The van der Waals surface area contributed by atoms with Gasteiger partial charge in [0.25, 0.3) is 5.88 Å². The first kappa shape index (κ1) is 20.7. The molecule has 3 aromatic rings. The van der Waals surface area contributed by atoms with Gasteiger partial charge in [-0.2, -0.15) is 0 Å². The van der Waals surface area contributed by atoms with Gasteiger partial charge in [-0.15, -0.1) is 0 Å². The summed E-state index contributed by atoms with van der Waals surface area (Å²) in [5.74, 6) is 1.25. The van der Waals surface area contributed by atoms with Crippen molar-refractivity contribution >= 4 is 23.4 Å². The van der Waals surface area contributed by atoms with Gasteiger partial charge in [0, 0.05) is 23.4 Å². The van der Waals surface area contributed by atoms with Gasteiger partial charge in [-0.25, -0.2) is 14.2 Å². The third-order valence-corrected chi connectivity index (χ3v) is 5.30. The number of carbonyl (C=O) groups is 1. The van der Waals surface area contributed by atoms with Gasteiger partial charge < -0.3 is 23.7 Å². The van der Waals surface area contributed by atoms with Crippen LogP contribution in [0.25, 0.3) is 11.1 Å². The number of benzene rings is 1. The minimum Gasteiger partial charge on any atom is -0.471 e. The van der Waals surface area contributed by atoms with Crippen LogP contribution in [0.4, 0.5) is 20.7 Å². The molecule has 1 atom stereocenters. The molecule has 0 saturated carbocycles. The zero-order valence-electron chi connectivity index (χ0n) is 17.7. The molecule has 5 rings (SSSR count). The molecule has 33 heavy (non-hydrogen) atoms. The topological polar surface area (TPSA) is 103 Å². The predicted octanol–water partition coefficient (Wildman–Crippen LogP) is 3.45. The standard InChI is InChI=1S/C22H20FN5O5/c1-14-25-32-9-7-27(14)20-5-2-15(11-24-20)18-4-3-16(10-19(18)23)28-12-17(33-22(28)29)13-30-21-6-8-31-26-21/h2-6,8,10-11,17H,7,9,12-13H2,1H3/t17-/m1/s1. The molecular weight excluding hydrogens is 433 g/mol. The highest BCUT2D eigenvalue weighted by Gasteiger charge is 2.33. The van der Waals surface area contributed by atoms with Crippen LogP contribution in [0.5, 0.6) is 5.88 Å². The Morgan fingerprint density at radius 2 is 2.12 bits per heavy atom. The molecule has 4 heterocycles. The second-order valence-electron chi connectivity index (χ2n) is 7.46. The number of pyridine rings is 1. The van der Waals surface area contributed by atoms with Crippen LogP contribution in [0, 0.1) is 5.82 Å². The van der Waals surface area contributed by atoms with Crippen LogP contribution in [-0.2, 0) is 9.57 Å². The lowest BCUT2D eigenvalue weighted by Gasteiger charge is -2.25. The number of ether oxygens (including phenoxy) is 2. The van der Waals surface area contributed by atoms with Crippen molar-refractivity contribution in [2.24, 2.45) is 5.16 Å². The van der Waals surface area contributed by atoms with E-state index in [1.807, 2.05) is 17.9 Å². The molecule has 2 aromatic heterocycles. The maximum atomic E-state index is 15.0. The molecule has 1 fully saturated rings. The van der Waals surface area contributed by atoms with Crippen molar-refractivity contribution in [3.8, 4) is 17.0 Å². The molecule has 0 spiro atoms. The van der Waals surface area contributed by atoms with Crippen LogP contribution >= 0.6 is 0 Å². The van der Waals surface area contributed by atoms with Crippen LogP contribution in [0.3, 0.4) is 0 Å². The Balaban J connectivity index is 1.28. The fourth-order valence-corrected chi connectivity index (χ4v) is 3.65. The number of halogens is 1. The summed E-state index contributed by atoms with van der Waals surface area (Å²) >= 11 is 0. The summed E-state index contributed by atoms with van der Waals surface area (Å²) in [5.41, 5.74) is 1.40. The number of hydrogen-bond acceptors (Lipinski definition) is 9. The van der Waals surface area contributed by atoms with Crippen LogP contribution in [0.1, 0.15) is 6.92 Å². The first-order valence-corrected chi connectivity index (χ1v) is 10.3. The Morgan fingerprint density at radius 3 is 2.85 bits per heavy atom. The molecule has 1 amide bonds. The van der Waals surface area contributed by atoms with E-state index in [1.165, 1.54) is 17.2 Å². The first-order chi connectivity index (χ1) is 16.1. The van der Waals surface area contributed by atoms with E-state index >= 15 is 0 Å². The van der Waals surface area contributed by atoms with E-state index in [4.69, 9.17) is 18.8 Å². The van der Waals surface area contributed by atoms with E-state index in [1.54, 1.807) is 30.5 Å². The highest BCUT2D eigenvalue weighted by Crippen LogP contribution is 2.30. The third kappa shape index (κ3) is 4.29. The molecule has 2 aliphatic rings. The molecule has 1 saturated heterocycles. The van der Waals surface area contributed by atoms with Gasteiger partial charge in [0.1, 0.15) is 36.9 Å². The zero-order valence-corrected chi connectivity index (χ0v) is 17.7. The van der Waals surface area contributed by atoms with Crippen molar-refractivity contribution in [3.63, 3.8) is 0 Å². The smallest absolute Gasteiger partial charge is 0.414 e. The number of amides is 1. The van der Waals surface area contributed by atoms with Crippen LogP contribution < -0.4 is 14.5 Å². The van der Waals surface area contributed by atoms with Gasteiger partial charge in [0.2, 0.25) is 0 Å². The predicted molar refractivity (Wildman–Crippen MR) is 116 cm³/mol. The van der Waals surface area contributed by atoms with Gasteiger partial charge in [0.15, 0.2) is 6.10 Å². The van der Waals surface area contributed by atoms with Crippen molar-refractivity contribution in [2.45, 2.75) is 13.0 Å². The lowest BCUT2D eigenvalue weighted by molar-refractivity contribution is 0.102. The number of rotatable bonds is 6. The Kier molecular flexibility index (Phi) is 5.51. The molecule has 1 aromatic carbocycles. The summed E-state index contributed by atoms with van der Waals surface area (Å²) < 4.78 is 30.4. The second-order valence-corrected chi connectivity index (χ2v) is 7.46. The van der Waals surface area contributed by atoms with E-state index in [9.17, 15) is 9.18 Å². The summed E-state index contributed by atoms with van der Waals surface area (Å²) in [5, 5.41) is 7.59. The Hall–Kier alpha value is -4.15. The number of carbonyl (C=O) groups excluding carboxylic acids is 1. The number of oxime groups is 1. The summed E-state index contributed by atoms with van der Waals surface area (Å²) in [4.78, 5) is 25.1. The monoisotopic (exact) mass is 453 g/mol. The van der Waals surface area contributed by atoms with Crippen LogP contribution in [-0.4, -0.2) is 54.5 Å². The first-order valence-electron chi connectivity index (χ1n) is 10.3. The molecule has 0 unspecified atom stereocenters. The lowest BCUT2D eigenvalue weighted by atomic mass is 10.1. The van der Waals surface area contributed by atoms with E-state index in [-0.39, 0.29) is 13.2 Å². The third-order valence-electron chi connectivity index (χ3n) is 5.30. The minimum atomic E-state index is -0.565. The van der Waals surface area contributed by atoms with Gasteiger partial charge in [-0.3, -0.25) is 4.90 Å². The summed E-state index contributed by atoms with van der Waals surface area (Å²) in [6.45, 7) is 3.29. The van der Waals surface area contributed by atoms with Crippen molar-refractivity contribution < 1.29 is 28.0 Å². The van der Waals surface area contributed by atoms with E-state index in [0.29, 0.717) is 47.5 Å². The molecule has 0 N–H and O–H groups in total. The average molecular weight is 453 g/mol. The molecular formula is C22H20FN5O5. The number of cyclic esters (lactones) is 1. The lowest BCUT2D eigenvalue weighted by Crippen LogP contribution is -2.36. The Labute approximate surface area is 188 Å². The minimum absolute atomic E-state index is 0.112. The largest absolute Gasteiger partial charge is 0.471 e. The van der Waals surface area contributed by atoms with Crippen molar-refractivity contribution in [3.05, 3.63) is 54.7 Å². The Bertz CT molecular complexity index is 1170. The maximum absolute atomic E-state index is 15.0. The highest BCUT2D eigenvalue weighted by molar-refractivity contribution is 5.95. The quantitative estimate of drug-likeness (QED) is 0.559. The molecule has 0 aliphatic carbocycles. The number of amidine groups is 1. The molecule has 0 bridgehead atoms. The van der Waals surface area contributed by atoms with Gasteiger partial charge in [0.05, 0.1) is 18.8 Å². The fraction of sp³-hybridized carbons (Fsp3) is 0.273. The van der Waals surface area contributed by atoms with E-state index in [0.717, 1.165) is 0 Å². The number of hydrogen-bond donors (Lipinski definition) is 0. The normalized spacial score (nSPS) is 18.1. The Morgan fingerprint density at radius 1 is 1.21 bits per heavy atom. The number of anilines is 2. The molecule has 170 valence electrons.